The Hall–Kier alpha value is -2.55. The van der Waals surface area contributed by atoms with Gasteiger partial charge in [-0.1, -0.05) is 36.4 Å². The Bertz CT molecular complexity index is 832. The van der Waals surface area contributed by atoms with Crippen LogP contribution < -0.4 is 0 Å². The van der Waals surface area contributed by atoms with E-state index in [-0.39, 0.29) is 0 Å². The van der Waals surface area contributed by atoms with E-state index in [1.807, 2.05) is 18.2 Å². The number of para-hydroxylation sites is 2. The molecule has 1 aromatic heterocycles. The van der Waals surface area contributed by atoms with Gasteiger partial charge in [-0.15, -0.1) is 0 Å². The number of aliphatic imine (C=N–C) groups is 1. The van der Waals surface area contributed by atoms with Crippen LogP contribution in [0.15, 0.2) is 65.8 Å². The smallest absolute Gasteiger partial charge is 0.105 e. The van der Waals surface area contributed by atoms with Crippen molar-refractivity contribution in [3.8, 4) is 0 Å². The summed E-state index contributed by atoms with van der Waals surface area (Å²) in [5.74, 6) is 1.20. The summed E-state index contributed by atoms with van der Waals surface area (Å²) >= 11 is 0. The maximum Gasteiger partial charge on any atom is 0.105 e. The molecule has 0 spiro atoms. The van der Waals surface area contributed by atoms with Crippen LogP contribution >= 0.6 is 0 Å². The molecule has 23 heavy (non-hydrogen) atoms. The van der Waals surface area contributed by atoms with Gasteiger partial charge in [0.15, 0.2) is 0 Å². The highest BCUT2D eigenvalue weighted by atomic mass is 15.2. The van der Waals surface area contributed by atoms with Gasteiger partial charge < -0.3 is 9.88 Å². The van der Waals surface area contributed by atoms with Crippen molar-refractivity contribution in [3.05, 3.63) is 66.4 Å². The third-order valence-corrected chi connectivity index (χ3v) is 4.68. The molecule has 1 fully saturated rings. The Morgan fingerprint density at radius 1 is 1.09 bits per heavy atom. The number of likely N-dealkylation sites (tertiary alicyclic amines) is 1. The molecule has 1 aliphatic heterocycles. The van der Waals surface area contributed by atoms with Gasteiger partial charge in [-0.2, -0.15) is 0 Å². The van der Waals surface area contributed by atoms with Crippen molar-refractivity contribution in [1.82, 2.24) is 9.88 Å². The van der Waals surface area contributed by atoms with Crippen molar-refractivity contribution in [2.45, 2.75) is 32.4 Å². The van der Waals surface area contributed by atoms with E-state index in [4.69, 9.17) is 4.99 Å². The van der Waals surface area contributed by atoms with Crippen molar-refractivity contribution >= 4 is 22.4 Å². The number of hydrogen-bond acceptors (Lipinski definition) is 1. The fourth-order valence-electron chi connectivity index (χ4n) is 3.36. The monoisotopic (exact) mass is 303 g/mol. The van der Waals surface area contributed by atoms with Gasteiger partial charge in [0.1, 0.15) is 5.84 Å². The molecule has 0 aliphatic carbocycles. The Labute approximate surface area is 136 Å². The van der Waals surface area contributed by atoms with E-state index < -0.39 is 0 Å². The normalized spacial score (nSPS) is 19.8. The number of amidine groups is 1. The Kier molecular flexibility index (Phi) is 3.62. The van der Waals surface area contributed by atoms with Gasteiger partial charge in [-0.05, 0) is 37.1 Å². The van der Waals surface area contributed by atoms with Gasteiger partial charge in [-0.3, -0.25) is 0 Å². The molecule has 116 valence electrons. The molecule has 1 atom stereocenters. The second-order valence-electron chi connectivity index (χ2n) is 6.24. The van der Waals surface area contributed by atoms with Crippen molar-refractivity contribution in [2.75, 3.05) is 0 Å². The van der Waals surface area contributed by atoms with Crippen LogP contribution in [0.2, 0.25) is 0 Å². The lowest BCUT2D eigenvalue weighted by Gasteiger charge is -2.24. The molecule has 2 heterocycles. The largest absolute Gasteiger partial charge is 0.361 e. The topological polar surface area (TPSA) is 31.4 Å². The number of hydrogen-bond donors (Lipinski definition) is 1. The first-order valence-electron chi connectivity index (χ1n) is 8.25. The molecule has 2 aromatic carbocycles. The fraction of sp³-hybridized carbons (Fsp3) is 0.250. The summed E-state index contributed by atoms with van der Waals surface area (Å²) in [5, 5.41) is 1.31. The molecule has 3 nitrogen and oxygen atoms in total. The van der Waals surface area contributed by atoms with E-state index in [1.165, 1.54) is 28.7 Å². The molecular weight excluding hydrogens is 282 g/mol. The summed E-state index contributed by atoms with van der Waals surface area (Å²) < 4.78 is 0. The highest BCUT2D eigenvalue weighted by Crippen LogP contribution is 2.27. The van der Waals surface area contributed by atoms with E-state index in [9.17, 15) is 0 Å². The van der Waals surface area contributed by atoms with Crippen LogP contribution in [0.3, 0.4) is 0 Å². The van der Waals surface area contributed by atoms with E-state index in [2.05, 4.69) is 59.4 Å². The lowest BCUT2D eigenvalue weighted by Crippen LogP contribution is -2.30. The van der Waals surface area contributed by atoms with Gasteiger partial charge in [0.2, 0.25) is 0 Å². The first-order valence-corrected chi connectivity index (χ1v) is 8.25. The highest BCUT2D eigenvalue weighted by molar-refractivity contribution is 5.88. The van der Waals surface area contributed by atoms with Crippen LogP contribution in [0.1, 0.15) is 25.3 Å². The van der Waals surface area contributed by atoms with Crippen molar-refractivity contribution in [1.29, 1.82) is 0 Å². The van der Waals surface area contributed by atoms with Crippen LogP contribution in [-0.4, -0.2) is 21.8 Å². The number of aromatic nitrogens is 1. The maximum absolute atomic E-state index is 4.88. The molecule has 0 bridgehead atoms. The van der Waals surface area contributed by atoms with Crippen LogP contribution in [0.25, 0.3) is 10.9 Å². The Balaban J connectivity index is 1.64. The predicted octanol–water partition coefficient (Wildman–Crippen LogP) is 4.88. The molecule has 3 aromatic rings. The Morgan fingerprint density at radius 3 is 2.74 bits per heavy atom. The zero-order chi connectivity index (χ0) is 15.6. The molecule has 0 saturated carbocycles. The van der Waals surface area contributed by atoms with Gasteiger partial charge in [0.05, 0.1) is 5.69 Å². The molecule has 0 amide bonds. The summed E-state index contributed by atoms with van der Waals surface area (Å²) in [6.07, 6.45) is 4.36. The minimum absolute atomic E-state index is 0.533. The molecule has 0 radical (unpaired) electrons. The average molecular weight is 303 g/mol. The van der Waals surface area contributed by atoms with Gasteiger partial charge in [-0.25, -0.2) is 4.99 Å². The number of H-pyrrole nitrogens is 1. The first-order chi connectivity index (χ1) is 11.3. The second kappa shape index (κ2) is 5.92. The summed E-state index contributed by atoms with van der Waals surface area (Å²) in [4.78, 5) is 10.7. The summed E-state index contributed by atoms with van der Waals surface area (Å²) in [5.41, 5.74) is 3.59. The summed E-state index contributed by atoms with van der Waals surface area (Å²) in [6, 6.07) is 19.3. The summed E-state index contributed by atoms with van der Waals surface area (Å²) in [7, 11) is 0. The quantitative estimate of drug-likeness (QED) is 0.734. The zero-order valence-electron chi connectivity index (χ0n) is 13.4. The first kappa shape index (κ1) is 14.1. The van der Waals surface area contributed by atoms with Gasteiger partial charge >= 0.3 is 0 Å². The second-order valence-corrected chi connectivity index (χ2v) is 6.24. The maximum atomic E-state index is 4.88. The molecule has 1 aliphatic rings. The molecule has 1 saturated heterocycles. The lowest BCUT2D eigenvalue weighted by atomic mass is 10.1. The standard InChI is InChI=1S/C20H21N3/c1-15-11-12-20(22-17-7-3-2-4-8-17)23(15)14-16-13-21-19-10-6-5-9-18(16)19/h2-10,13,15,21H,11-12,14H2,1H3. The van der Waals surface area contributed by atoms with E-state index in [0.717, 1.165) is 18.7 Å². The van der Waals surface area contributed by atoms with Crippen molar-refractivity contribution in [3.63, 3.8) is 0 Å². The number of benzene rings is 2. The number of nitrogens with one attached hydrogen (secondary N) is 1. The number of rotatable bonds is 3. The van der Waals surface area contributed by atoms with E-state index in [0.29, 0.717) is 6.04 Å². The lowest BCUT2D eigenvalue weighted by molar-refractivity contribution is 0.351. The third kappa shape index (κ3) is 2.74. The van der Waals surface area contributed by atoms with Gasteiger partial charge in [0, 0.05) is 36.1 Å². The van der Waals surface area contributed by atoms with Gasteiger partial charge in [0.25, 0.3) is 0 Å². The Morgan fingerprint density at radius 2 is 1.87 bits per heavy atom. The van der Waals surface area contributed by atoms with Crippen LogP contribution in [0.4, 0.5) is 5.69 Å². The van der Waals surface area contributed by atoms with E-state index >= 15 is 0 Å². The summed E-state index contributed by atoms with van der Waals surface area (Å²) in [6.45, 7) is 3.21. The number of aromatic amines is 1. The molecule has 3 heteroatoms. The SMILES string of the molecule is CC1CCC(=Nc2ccccc2)N1Cc1c[nH]c2ccccc12. The zero-order valence-corrected chi connectivity index (χ0v) is 13.4. The minimum atomic E-state index is 0.533. The number of nitrogens with zero attached hydrogens (tertiary/aromatic N) is 2. The average Bonchev–Trinajstić information content (AvgIpc) is 3.15. The van der Waals surface area contributed by atoms with Crippen LogP contribution in [0, 0.1) is 0 Å². The highest BCUT2D eigenvalue weighted by Gasteiger charge is 2.26. The fourth-order valence-corrected chi connectivity index (χ4v) is 3.36. The van der Waals surface area contributed by atoms with Crippen molar-refractivity contribution < 1.29 is 0 Å². The van der Waals surface area contributed by atoms with Crippen LogP contribution in [-0.2, 0) is 6.54 Å². The van der Waals surface area contributed by atoms with Crippen molar-refractivity contribution in [2.24, 2.45) is 4.99 Å². The molecule has 1 unspecified atom stereocenters. The van der Waals surface area contributed by atoms with Crippen LogP contribution in [0.5, 0.6) is 0 Å². The number of fused-ring (bicyclic) bond motifs is 1. The molecule has 1 N–H and O–H groups in total. The molecule has 4 rings (SSSR count). The molecular formula is C20H21N3. The van der Waals surface area contributed by atoms with E-state index in [1.54, 1.807) is 0 Å². The minimum Gasteiger partial charge on any atom is -0.361 e. The predicted molar refractivity (Wildman–Crippen MR) is 96.1 cm³/mol. The third-order valence-electron chi connectivity index (χ3n) is 4.68.